The third kappa shape index (κ3) is 4.21. The lowest BCUT2D eigenvalue weighted by Crippen LogP contribution is -2.28. The number of hydrogen-bond acceptors (Lipinski definition) is 1. The SMILES string of the molecule is CC[SiH](CC)CNC=O. The maximum absolute atomic E-state index is 9.85. The van der Waals surface area contributed by atoms with Gasteiger partial charge in [0.05, 0.1) is 8.80 Å². The zero-order chi connectivity index (χ0) is 7.11. The van der Waals surface area contributed by atoms with Crippen molar-refractivity contribution in [3.05, 3.63) is 0 Å². The smallest absolute Gasteiger partial charge is 0.206 e. The highest BCUT2D eigenvalue weighted by atomic mass is 28.3. The topological polar surface area (TPSA) is 29.1 Å². The first-order chi connectivity index (χ1) is 4.35. The van der Waals surface area contributed by atoms with Crippen molar-refractivity contribution in [2.24, 2.45) is 0 Å². The number of hydrogen-bond donors (Lipinski definition) is 1. The molecule has 0 saturated heterocycles. The Balaban J connectivity index is 3.19. The number of carbonyl (C=O) groups is 1. The predicted octanol–water partition coefficient (Wildman–Crippen LogP) is 0.538. The molecule has 1 N–H and O–H groups in total. The molecule has 0 bridgehead atoms. The number of rotatable bonds is 5. The van der Waals surface area contributed by atoms with Gasteiger partial charge in [-0.1, -0.05) is 25.9 Å². The van der Waals surface area contributed by atoms with Gasteiger partial charge in [0, 0.05) is 6.17 Å². The average Bonchev–Trinajstić information content (AvgIpc) is 1.91. The van der Waals surface area contributed by atoms with Crippen LogP contribution in [0.15, 0.2) is 0 Å². The minimum absolute atomic E-state index is 0.552. The molecular weight excluding hydrogens is 130 g/mol. The highest BCUT2D eigenvalue weighted by Crippen LogP contribution is 1.94. The van der Waals surface area contributed by atoms with E-state index in [0.29, 0.717) is 0 Å². The van der Waals surface area contributed by atoms with Gasteiger partial charge in [-0.2, -0.15) is 0 Å². The molecule has 0 spiro atoms. The summed E-state index contributed by atoms with van der Waals surface area (Å²) in [5, 5.41) is 2.73. The van der Waals surface area contributed by atoms with Gasteiger partial charge < -0.3 is 5.32 Å². The van der Waals surface area contributed by atoms with Crippen LogP contribution in [0.5, 0.6) is 0 Å². The Morgan fingerprint density at radius 1 is 1.44 bits per heavy atom. The molecule has 0 aromatic carbocycles. The largest absolute Gasteiger partial charge is 0.362 e. The molecule has 0 radical (unpaired) electrons. The molecule has 0 saturated carbocycles. The van der Waals surface area contributed by atoms with Crippen LogP contribution in [0, 0.1) is 0 Å². The molecule has 0 heterocycles. The summed E-state index contributed by atoms with van der Waals surface area (Å²) in [6.07, 6.45) is 1.77. The van der Waals surface area contributed by atoms with Gasteiger partial charge in [0.1, 0.15) is 0 Å². The van der Waals surface area contributed by atoms with Gasteiger partial charge in [0.2, 0.25) is 6.41 Å². The summed E-state index contributed by atoms with van der Waals surface area (Å²) in [4.78, 5) is 9.85. The van der Waals surface area contributed by atoms with E-state index in [2.05, 4.69) is 19.2 Å². The molecular formula is C6H15NOSi. The van der Waals surface area contributed by atoms with Gasteiger partial charge in [-0.25, -0.2) is 0 Å². The van der Waals surface area contributed by atoms with Gasteiger partial charge in [0.25, 0.3) is 0 Å². The van der Waals surface area contributed by atoms with Crippen molar-refractivity contribution in [1.82, 2.24) is 5.32 Å². The molecule has 0 aliphatic carbocycles. The van der Waals surface area contributed by atoms with E-state index in [1.54, 1.807) is 0 Å². The van der Waals surface area contributed by atoms with E-state index in [1.807, 2.05) is 0 Å². The molecule has 0 fully saturated rings. The number of carbonyl (C=O) groups excluding carboxylic acids is 1. The van der Waals surface area contributed by atoms with Crippen LogP contribution in [-0.4, -0.2) is 21.4 Å². The van der Waals surface area contributed by atoms with Crippen molar-refractivity contribution in [2.75, 3.05) is 6.17 Å². The zero-order valence-electron chi connectivity index (χ0n) is 6.18. The van der Waals surface area contributed by atoms with Crippen molar-refractivity contribution in [3.8, 4) is 0 Å². The third-order valence-electron chi connectivity index (χ3n) is 1.64. The lowest BCUT2D eigenvalue weighted by atomic mass is 10.9. The first kappa shape index (κ1) is 8.69. The Hall–Kier alpha value is -0.313. The quantitative estimate of drug-likeness (QED) is 0.444. The van der Waals surface area contributed by atoms with Crippen LogP contribution in [0.1, 0.15) is 13.8 Å². The summed E-state index contributed by atoms with van der Waals surface area (Å²) in [7, 11) is -0.552. The molecule has 3 heteroatoms. The van der Waals surface area contributed by atoms with Crippen molar-refractivity contribution in [3.63, 3.8) is 0 Å². The molecule has 0 atom stereocenters. The molecule has 0 aliphatic heterocycles. The van der Waals surface area contributed by atoms with E-state index < -0.39 is 8.80 Å². The third-order valence-corrected chi connectivity index (χ3v) is 4.77. The van der Waals surface area contributed by atoms with Crippen LogP contribution >= 0.6 is 0 Å². The first-order valence-electron chi connectivity index (χ1n) is 3.52. The standard InChI is InChI=1S/C6H15NOSi/c1-3-9(4-2)6-7-5-8/h5,9H,3-4,6H2,1-2H3,(H,7,8). The van der Waals surface area contributed by atoms with Gasteiger partial charge >= 0.3 is 0 Å². The van der Waals surface area contributed by atoms with Crippen LogP contribution in [0.2, 0.25) is 12.1 Å². The van der Waals surface area contributed by atoms with Crippen LogP contribution < -0.4 is 5.32 Å². The Labute approximate surface area is 58.3 Å². The minimum Gasteiger partial charge on any atom is -0.362 e. The minimum atomic E-state index is -0.552. The predicted molar refractivity (Wildman–Crippen MR) is 42.2 cm³/mol. The summed E-state index contributed by atoms with van der Waals surface area (Å²) in [6.45, 7) is 4.40. The lowest BCUT2D eigenvalue weighted by molar-refractivity contribution is -0.109. The van der Waals surface area contributed by atoms with E-state index in [-0.39, 0.29) is 0 Å². The van der Waals surface area contributed by atoms with Crippen molar-refractivity contribution in [1.29, 1.82) is 0 Å². The monoisotopic (exact) mass is 145 g/mol. The highest BCUT2D eigenvalue weighted by Gasteiger charge is 2.02. The fourth-order valence-corrected chi connectivity index (χ4v) is 2.38. The Kier molecular flexibility index (Phi) is 5.61. The highest BCUT2D eigenvalue weighted by molar-refractivity contribution is 6.58. The van der Waals surface area contributed by atoms with E-state index in [9.17, 15) is 4.79 Å². The van der Waals surface area contributed by atoms with Crippen molar-refractivity contribution < 1.29 is 4.79 Å². The summed E-state index contributed by atoms with van der Waals surface area (Å²) >= 11 is 0. The molecule has 2 nitrogen and oxygen atoms in total. The van der Waals surface area contributed by atoms with Gasteiger partial charge in [0.15, 0.2) is 0 Å². The zero-order valence-corrected chi connectivity index (χ0v) is 7.34. The van der Waals surface area contributed by atoms with Gasteiger partial charge in [-0.05, 0) is 0 Å². The average molecular weight is 145 g/mol. The Morgan fingerprint density at radius 2 is 2.00 bits per heavy atom. The molecule has 0 rings (SSSR count). The summed E-state index contributed by atoms with van der Waals surface area (Å²) in [5.41, 5.74) is 0. The van der Waals surface area contributed by atoms with Crippen LogP contribution in [-0.2, 0) is 4.79 Å². The van der Waals surface area contributed by atoms with Gasteiger partial charge in [-0.3, -0.25) is 4.79 Å². The summed E-state index contributed by atoms with van der Waals surface area (Å²) < 4.78 is 0. The molecule has 0 aromatic heterocycles. The normalized spacial score (nSPS) is 9.67. The van der Waals surface area contributed by atoms with Crippen LogP contribution in [0.4, 0.5) is 0 Å². The second kappa shape index (κ2) is 5.82. The maximum Gasteiger partial charge on any atom is 0.206 e. The van der Waals surface area contributed by atoms with E-state index >= 15 is 0 Å². The fourth-order valence-electron chi connectivity index (χ4n) is 0.792. The van der Waals surface area contributed by atoms with Crippen LogP contribution in [0.25, 0.3) is 0 Å². The fraction of sp³-hybridized carbons (Fsp3) is 0.833. The lowest BCUT2D eigenvalue weighted by Gasteiger charge is -2.07. The maximum atomic E-state index is 9.85. The molecule has 54 valence electrons. The second-order valence-electron chi connectivity index (χ2n) is 2.21. The molecule has 0 unspecified atom stereocenters. The number of nitrogens with one attached hydrogen (secondary N) is 1. The Morgan fingerprint density at radius 3 is 2.33 bits per heavy atom. The molecule has 1 amide bonds. The van der Waals surface area contributed by atoms with Crippen molar-refractivity contribution in [2.45, 2.75) is 25.9 Å². The van der Waals surface area contributed by atoms with Gasteiger partial charge in [-0.15, -0.1) is 0 Å². The summed E-state index contributed by atoms with van der Waals surface area (Å²) in [5.74, 6) is 0. The van der Waals surface area contributed by atoms with E-state index in [1.165, 1.54) is 12.1 Å². The first-order valence-corrected chi connectivity index (χ1v) is 5.97. The Bertz CT molecular complexity index is 73.5. The van der Waals surface area contributed by atoms with E-state index in [4.69, 9.17) is 0 Å². The molecule has 0 aliphatic rings. The molecule has 0 aromatic rings. The second-order valence-corrected chi connectivity index (χ2v) is 5.98. The molecule has 9 heavy (non-hydrogen) atoms. The summed E-state index contributed by atoms with van der Waals surface area (Å²) in [6, 6.07) is 2.58. The van der Waals surface area contributed by atoms with E-state index in [0.717, 1.165) is 12.6 Å². The van der Waals surface area contributed by atoms with Crippen LogP contribution in [0.3, 0.4) is 0 Å². The number of amides is 1. The van der Waals surface area contributed by atoms with Crippen molar-refractivity contribution >= 4 is 15.2 Å².